The number of nitrogens with two attached hydrogens (primary N) is 1. The summed E-state index contributed by atoms with van der Waals surface area (Å²) in [6, 6.07) is 2.65. The van der Waals surface area contributed by atoms with Crippen molar-refractivity contribution in [1.29, 1.82) is 5.41 Å². The molecular formula is C12H17N5O2. The molecule has 0 aliphatic carbocycles. The highest BCUT2D eigenvalue weighted by Crippen LogP contribution is 2.06. The number of nitrogens with one attached hydrogen (secondary N) is 3. The molecule has 3 amide bonds. The molecule has 0 spiro atoms. The Labute approximate surface area is 110 Å². The molecule has 0 aromatic carbocycles. The Morgan fingerprint density at radius 2 is 2.16 bits per heavy atom. The second-order valence-corrected chi connectivity index (χ2v) is 4.52. The van der Waals surface area contributed by atoms with Crippen molar-refractivity contribution in [2.45, 2.75) is 31.8 Å². The fraction of sp³-hybridized carbons (Fsp3) is 0.417. The van der Waals surface area contributed by atoms with Gasteiger partial charge in [0.15, 0.2) is 0 Å². The molecule has 7 nitrogen and oxygen atoms in total. The number of imide groups is 1. The average Bonchev–Trinajstić information content (AvgIpc) is 2.68. The van der Waals surface area contributed by atoms with Gasteiger partial charge in [0.1, 0.15) is 11.5 Å². The minimum absolute atomic E-state index is 0.261. The molecule has 2 heterocycles. The third kappa shape index (κ3) is 3.12. The molecular weight excluding hydrogens is 246 g/mol. The molecule has 1 aromatic rings. The van der Waals surface area contributed by atoms with E-state index in [9.17, 15) is 9.59 Å². The van der Waals surface area contributed by atoms with E-state index in [1.807, 2.05) is 6.20 Å². The van der Waals surface area contributed by atoms with Gasteiger partial charge in [0, 0.05) is 12.7 Å². The van der Waals surface area contributed by atoms with E-state index < -0.39 is 12.1 Å². The highest BCUT2D eigenvalue weighted by atomic mass is 16.2. The largest absolute Gasteiger partial charge is 0.396 e. The van der Waals surface area contributed by atoms with Gasteiger partial charge in [-0.25, -0.2) is 4.79 Å². The lowest BCUT2D eigenvalue weighted by Gasteiger charge is -2.09. The van der Waals surface area contributed by atoms with Crippen LogP contribution in [0.15, 0.2) is 18.3 Å². The minimum Gasteiger partial charge on any atom is -0.396 e. The van der Waals surface area contributed by atoms with Crippen LogP contribution in [-0.4, -0.2) is 22.5 Å². The van der Waals surface area contributed by atoms with E-state index in [4.69, 9.17) is 11.1 Å². The second kappa shape index (κ2) is 5.55. The van der Waals surface area contributed by atoms with Gasteiger partial charge in [-0.1, -0.05) is 0 Å². The molecule has 2 rings (SSSR count). The Morgan fingerprint density at radius 3 is 2.84 bits per heavy atom. The van der Waals surface area contributed by atoms with Gasteiger partial charge in [0.05, 0.1) is 5.69 Å². The van der Waals surface area contributed by atoms with Crippen molar-refractivity contribution in [1.82, 2.24) is 15.2 Å². The van der Waals surface area contributed by atoms with Crippen LogP contribution in [0.3, 0.4) is 0 Å². The van der Waals surface area contributed by atoms with Gasteiger partial charge >= 0.3 is 6.03 Å². The van der Waals surface area contributed by atoms with Gasteiger partial charge in [-0.05, 0) is 31.4 Å². The van der Waals surface area contributed by atoms with Crippen LogP contribution in [0.5, 0.6) is 0 Å². The number of nitrogens with zero attached hydrogens (tertiary/aromatic N) is 1. The highest BCUT2D eigenvalue weighted by Gasteiger charge is 2.28. The van der Waals surface area contributed by atoms with Crippen molar-refractivity contribution in [2.75, 3.05) is 5.73 Å². The van der Waals surface area contributed by atoms with Crippen molar-refractivity contribution in [3.8, 4) is 0 Å². The number of anilines is 1. The summed E-state index contributed by atoms with van der Waals surface area (Å²) >= 11 is 0. The molecule has 19 heavy (non-hydrogen) atoms. The van der Waals surface area contributed by atoms with E-state index in [1.54, 1.807) is 16.7 Å². The normalized spacial score (nSPS) is 18.2. The maximum atomic E-state index is 11.3. The van der Waals surface area contributed by atoms with Gasteiger partial charge in [0.2, 0.25) is 0 Å². The fourth-order valence-electron chi connectivity index (χ4n) is 2.05. The number of aromatic nitrogens is 1. The van der Waals surface area contributed by atoms with Crippen LogP contribution in [0.2, 0.25) is 0 Å². The Morgan fingerprint density at radius 1 is 1.37 bits per heavy atom. The van der Waals surface area contributed by atoms with Crippen LogP contribution in [0.1, 0.15) is 19.3 Å². The van der Waals surface area contributed by atoms with Gasteiger partial charge < -0.3 is 15.6 Å². The fourth-order valence-corrected chi connectivity index (χ4v) is 2.05. The molecule has 1 atom stereocenters. The van der Waals surface area contributed by atoms with E-state index in [-0.39, 0.29) is 5.91 Å². The number of aryl methyl sites for hydroxylation is 1. The summed E-state index contributed by atoms with van der Waals surface area (Å²) in [5.74, 6) is -0.261. The van der Waals surface area contributed by atoms with Crippen LogP contribution >= 0.6 is 0 Å². The molecule has 0 bridgehead atoms. The van der Waals surface area contributed by atoms with Gasteiger partial charge in [-0.3, -0.25) is 15.5 Å². The smallest absolute Gasteiger partial charge is 0.322 e. The zero-order chi connectivity index (χ0) is 13.8. The first-order valence-corrected chi connectivity index (χ1v) is 6.19. The van der Waals surface area contributed by atoms with Crippen molar-refractivity contribution in [2.24, 2.45) is 0 Å². The monoisotopic (exact) mass is 263 g/mol. The molecule has 1 aliphatic rings. The number of unbranched alkanes of at least 4 members (excludes halogenated alkanes) is 1. The molecule has 0 unspecified atom stereocenters. The number of pyridine rings is 1. The van der Waals surface area contributed by atoms with Gasteiger partial charge in [0.25, 0.3) is 5.91 Å². The third-order valence-electron chi connectivity index (χ3n) is 3.10. The third-order valence-corrected chi connectivity index (χ3v) is 3.10. The van der Waals surface area contributed by atoms with E-state index in [2.05, 4.69) is 10.6 Å². The van der Waals surface area contributed by atoms with E-state index in [0.29, 0.717) is 24.1 Å². The number of carbonyl (C=O) groups is 2. The Hall–Kier alpha value is -2.31. The number of hydrogen-bond acceptors (Lipinski definition) is 4. The van der Waals surface area contributed by atoms with E-state index >= 15 is 0 Å². The van der Waals surface area contributed by atoms with Crippen molar-refractivity contribution < 1.29 is 9.59 Å². The lowest BCUT2D eigenvalue weighted by molar-refractivity contribution is -0.120. The van der Waals surface area contributed by atoms with Crippen LogP contribution in [0, 0.1) is 5.41 Å². The molecule has 102 valence electrons. The van der Waals surface area contributed by atoms with E-state index in [1.165, 1.54) is 0 Å². The first-order chi connectivity index (χ1) is 9.08. The maximum Gasteiger partial charge on any atom is 0.322 e. The number of carbonyl (C=O) groups excluding carboxylic acids is 2. The first kappa shape index (κ1) is 13.1. The highest BCUT2D eigenvalue weighted by molar-refractivity contribution is 6.04. The Kier molecular flexibility index (Phi) is 3.84. The number of hydrogen-bond donors (Lipinski definition) is 4. The lowest BCUT2D eigenvalue weighted by Crippen LogP contribution is -2.28. The summed E-state index contributed by atoms with van der Waals surface area (Å²) in [4.78, 5) is 22.2. The van der Waals surface area contributed by atoms with Gasteiger partial charge in [-0.2, -0.15) is 0 Å². The number of nitrogen functional groups attached to an aromatic ring is 1. The minimum atomic E-state index is -0.423. The molecule has 0 saturated carbocycles. The number of urea groups is 1. The quantitative estimate of drug-likeness (QED) is 0.440. The van der Waals surface area contributed by atoms with Crippen molar-refractivity contribution in [3.05, 3.63) is 23.8 Å². The Bertz CT molecular complexity index is 551. The topological polar surface area (TPSA) is 113 Å². The summed E-state index contributed by atoms with van der Waals surface area (Å²) in [7, 11) is 0. The van der Waals surface area contributed by atoms with Gasteiger partial charge in [-0.15, -0.1) is 0 Å². The predicted molar refractivity (Wildman–Crippen MR) is 69.0 cm³/mol. The summed E-state index contributed by atoms with van der Waals surface area (Å²) in [6.45, 7) is 0.673. The van der Waals surface area contributed by atoms with Crippen LogP contribution in [0.4, 0.5) is 10.5 Å². The summed E-state index contributed by atoms with van der Waals surface area (Å²) in [5, 5.41) is 12.5. The number of amides is 3. The lowest BCUT2D eigenvalue weighted by atomic mass is 10.1. The van der Waals surface area contributed by atoms with Crippen molar-refractivity contribution in [3.63, 3.8) is 0 Å². The molecule has 1 aliphatic heterocycles. The zero-order valence-electron chi connectivity index (χ0n) is 10.5. The Balaban J connectivity index is 1.78. The average molecular weight is 263 g/mol. The summed E-state index contributed by atoms with van der Waals surface area (Å²) in [5.41, 5.74) is 6.40. The molecule has 1 fully saturated rings. The second-order valence-electron chi connectivity index (χ2n) is 4.52. The molecule has 1 saturated heterocycles. The SMILES string of the molecule is N=c1c(N)cccn1CCCC[C@@H]1NC(=O)NC1=O. The summed E-state index contributed by atoms with van der Waals surface area (Å²) < 4.78 is 1.77. The number of rotatable bonds is 5. The molecule has 5 N–H and O–H groups in total. The van der Waals surface area contributed by atoms with Crippen molar-refractivity contribution >= 4 is 17.6 Å². The standard InChI is InChI=1S/C12H17N5O2/c13-8-4-3-7-17(10(8)14)6-2-1-5-9-11(18)16-12(19)15-9/h3-4,7,9,14H,1-2,5-6,13H2,(H2,15,16,18,19)/t9-/m0/s1. The molecule has 7 heteroatoms. The van der Waals surface area contributed by atoms with Crippen LogP contribution in [-0.2, 0) is 11.3 Å². The maximum absolute atomic E-state index is 11.3. The molecule has 1 aromatic heterocycles. The zero-order valence-corrected chi connectivity index (χ0v) is 10.5. The van der Waals surface area contributed by atoms with E-state index in [0.717, 1.165) is 12.8 Å². The summed E-state index contributed by atoms with van der Waals surface area (Å²) in [6.07, 6.45) is 4.02. The molecule has 0 radical (unpaired) electrons. The first-order valence-electron chi connectivity index (χ1n) is 6.19. The predicted octanol–water partition coefficient (Wildman–Crippen LogP) is -0.0719. The van der Waals surface area contributed by atoms with Crippen LogP contribution in [0.25, 0.3) is 0 Å². The van der Waals surface area contributed by atoms with Crippen LogP contribution < -0.4 is 21.9 Å².